The summed E-state index contributed by atoms with van der Waals surface area (Å²) in [5.41, 5.74) is 1.40. The fourth-order valence-corrected chi connectivity index (χ4v) is 3.67. The predicted octanol–water partition coefficient (Wildman–Crippen LogP) is 3.55. The number of aromatic amines is 1. The summed E-state index contributed by atoms with van der Waals surface area (Å²) >= 11 is 0. The number of aliphatic hydroxyl groups is 1. The van der Waals surface area contributed by atoms with Crippen LogP contribution in [0, 0.1) is 17.8 Å². The molecule has 0 fully saturated rings. The lowest BCUT2D eigenvalue weighted by Gasteiger charge is -2.16. The monoisotopic (exact) mass is 508 g/mol. The molecule has 8 nitrogen and oxygen atoms in total. The van der Waals surface area contributed by atoms with Gasteiger partial charge in [-0.05, 0) is 54.8 Å². The number of aliphatic hydroxyl groups excluding tert-OH is 1. The van der Waals surface area contributed by atoms with E-state index in [1.165, 1.54) is 6.07 Å². The zero-order valence-electron chi connectivity index (χ0n) is 21.9. The van der Waals surface area contributed by atoms with E-state index in [0.717, 1.165) is 18.4 Å². The van der Waals surface area contributed by atoms with Crippen LogP contribution in [0.25, 0.3) is 10.9 Å². The van der Waals surface area contributed by atoms with Gasteiger partial charge in [-0.2, -0.15) is 0 Å². The molecule has 3 aromatic rings. The molecule has 3 N–H and O–H groups in total. The van der Waals surface area contributed by atoms with Crippen molar-refractivity contribution in [3.8, 4) is 34.8 Å². The summed E-state index contributed by atoms with van der Waals surface area (Å²) in [5, 5.41) is 14.4. The fourth-order valence-electron chi connectivity index (χ4n) is 3.67. The molecular formula is C29H36N2O6. The summed E-state index contributed by atoms with van der Waals surface area (Å²) in [6, 6.07) is 12.5. The Labute approximate surface area is 217 Å². The van der Waals surface area contributed by atoms with Crippen LogP contribution in [0.15, 0.2) is 47.3 Å². The molecule has 0 bridgehead atoms. The zero-order valence-corrected chi connectivity index (χ0v) is 21.9. The molecule has 0 saturated carbocycles. The standard InChI is InChI=1S/C29H36N2O6/c1-20(2)7-5-6-16-36-26-12-11-24(23-9-13-28(33)31-29(23)26)37-19-22(32)18-30-15-14-21-8-10-25(34-3)27(17-21)35-4/h8-13,17,20,22,30,32H,7,14-16,18-19H2,1-4H3,(H,31,33). The third-order valence-electron chi connectivity index (χ3n) is 5.60. The molecule has 8 heteroatoms. The van der Waals surface area contributed by atoms with Gasteiger partial charge in [0, 0.05) is 24.4 Å². The number of fused-ring (bicyclic) bond motifs is 1. The van der Waals surface area contributed by atoms with E-state index in [1.807, 2.05) is 18.2 Å². The minimum Gasteiger partial charge on any atom is -0.493 e. The first-order valence-electron chi connectivity index (χ1n) is 12.4. The lowest BCUT2D eigenvalue weighted by Crippen LogP contribution is -2.32. The van der Waals surface area contributed by atoms with Gasteiger partial charge in [0.05, 0.1) is 19.7 Å². The normalized spacial score (nSPS) is 11.6. The summed E-state index contributed by atoms with van der Waals surface area (Å²) in [7, 11) is 3.22. The van der Waals surface area contributed by atoms with Crippen molar-refractivity contribution < 1.29 is 24.1 Å². The number of methoxy groups -OCH3 is 2. The zero-order chi connectivity index (χ0) is 26.6. The van der Waals surface area contributed by atoms with Crippen LogP contribution >= 0.6 is 0 Å². The molecular weight excluding hydrogens is 472 g/mol. The molecule has 3 rings (SSSR count). The fraction of sp³-hybridized carbons (Fsp3) is 0.414. The number of hydrogen-bond donors (Lipinski definition) is 3. The maximum Gasteiger partial charge on any atom is 0.248 e. The van der Waals surface area contributed by atoms with Crippen molar-refractivity contribution >= 4 is 10.9 Å². The van der Waals surface area contributed by atoms with Crippen LogP contribution in [0.5, 0.6) is 23.0 Å². The van der Waals surface area contributed by atoms with Crippen molar-refractivity contribution in [2.24, 2.45) is 5.92 Å². The second kappa shape index (κ2) is 14.2. The van der Waals surface area contributed by atoms with Crippen LogP contribution in [-0.4, -0.2) is 56.7 Å². The van der Waals surface area contributed by atoms with Crippen LogP contribution in [0.2, 0.25) is 0 Å². The molecule has 0 amide bonds. The molecule has 1 aromatic heterocycles. The summed E-state index contributed by atoms with van der Waals surface area (Å²) in [6.07, 6.45) is 0.867. The van der Waals surface area contributed by atoms with Crippen LogP contribution < -0.4 is 29.8 Å². The Balaban J connectivity index is 1.52. The number of pyridine rings is 1. The van der Waals surface area contributed by atoms with E-state index in [4.69, 9.17) is 18.9 Å². The van der Waals surface area contributed by atoms with Gasteiger partial charge >= 0.3 is 0 Å². The van der Waals surface area contributed by atoms with E-state index >= 15 is 0 Å². The molecule has 1 heterocycles. The van der Waals surface area contributed by atoms with Crippen molar-refractivity contribution in [2.45, 2.75) is 32.8 Å². The van der Waals surface area contributed by atoms with E-state index in [-0.39, 0.29) is 18.8 Å². The molecule has 0 radical (unpaired) electrons. The van der Waals surface area contributed by atoms with Gasteiger partial charge in [0.2, 0.25) is 5.56 Å². The van der Waals surface area contributed by atoms with Crippen molar-refractivity contribution in [3.05, 3.63) is 58.4 Å². The number of rotatable bonds is 13. The van der Waals surface area contributed by atoms with Crippen LogP contribution in [0.1, 0.15) is 25.8 Å². The van der Waals surface area contributed by atoms with E-state index in [0.29, 0.717) is 52.9 Å². The second-order valence-corrected chi connectivity index (χ2v) is 9.02. The Morgan fingerprint density at radius 2 is 1.70 bits per heavy atom. The van der Waals surface area contributed by atoms with Gasteiger partial charge in [-0.15, -0.1) is 0 Å². The van der Waals surface area contributed by atoms with Gasteiger partial charge in [-0.25, -0.2) is 0 Å². The number of aromatic nitrogens is 1. The van der Waals surface area contributed by atoms with E-state index in [1.54, 1.807) is 32.4 Å². The first-order valence-corrected chi connectivity index (χ1v) is 12.4. The highest BCUT2D eigenvalue weighted by molar-refractivity contribution is 5.89. The minimum absolute atomic E-state index is 0.0957. The Hall–Kier alpha value is -3.67. The Morgan fingerprint density at radius 1 is 0.946 bits per heavy atom. The smallest absolute Gasteiger partial charge is 0.248 e. The van der Waals surface area contributed by atoms with Crippen molar-refractivity contribution in [3.63, 3.8) is 0 Å². The highest BCUT2D eigenvalue weighted by Gasteiger charge is 2.12. The lowest BCUT2D eigenvalue weighted by molar-refractivity contribution is 0.107. The van der Waals surface area contributed by atoms with E-state index in [9.17, 15) is 9.90 Å². The third kappa shape index (κ3) is 8.45. The Kier molecular flexibility index (Phi) is 10.7. The molecule has 0 aliphatic rings. The average Bonchev–Trinajstić information content (AvgIpc) is 2.89. The minimum atomic E-state index is -0.713. The predicted molar refractivity (Wildman–Crippen MR) is 145 cm³/mol. The van der Waals surface area contributed by atoms with Crippen molar-refractivity contribution in [1.29, 1.82) is 0 Å². The third-order valence-corrected chi connectivity index (χ3v) is 5.60. The van der Waals surface area contributed by atoms with Crippen LogP contribution in [0.3, 0.4) is 0 Å². The van der Waals surface area contributed by atoms with Gasteiger partial charge in [0.25, 0.3) is 0 Å². The number of benzene rings is 2. The first-order chi connectivity index (χ1) is 17.9. The number of H-pyrrole nitrogens is 1. The molecule has 37 heavy (non-hydrogen) atoms. The molecule has 2 aromatic carbocycles. The van der Waals surface area contributed by atoms with Gasteiger partial charge in [0.15, 0.2) is 11.5 Å². The molecule has 0 aliphatic heterocycles. The van der Waals surface area contributed by atoms with Crippen LogP contribution in [0.4, 0.5) is 0 Å². The molecule has 1 atom stereocenters. The molecule has 198 valence electrons. The van der Waals surface area contributed by atoms with Gasteiger partial charge in [0.1, 0.15) is 30.8 Å². The summed E-state index contributed by atoms with van der Waals surface area (Å²) < 4.78 is 22.3. The highest BCUT2D eigenvalue weighted by Crippen LogP contribution is 2.31. The lowest BCUT2D eigenvalue weighted by atomic mass is 10.1. The SMILES string of the molecule is COc1ccc(CCNCC(O)COc2ccc(OCC#CCC(C)C)c3[nH]c(=O)ccc23)cc1OC. The molecule has 0 aliphatic carbocycles. The largest absolute Gasteiger partial charge is 0.493 e. The highest BCUT2D eigenvalue weighted by atomic mass is 16.5. The maximum absolute atomic E-state index is 11.9. The second-order valence-electron chi connectivity index (χ2n) is 9.02. The quantitative estimate of drug-likeness (QED) is 0.240. The van der Waals surface area contributed by atoms with Gasteiger partial charge in [-0.3, -0.25) is 4.79 Å². The number of hydrogen-bond acceptors (Lipinski definition) is 7. The van der Waals surface area contributed by atoms with Crippen molar-refractivity contribution in [1.82, 2.24) is 10.3 Å². The summed E-state index contributed by atoms with van der Waals surface area (Å²) in [5.74, 6) is 9.04. The van der Waals surface area contributed by atoms with Crippen molar-refractivity contribution in [2.75, 3.05) is 40.5 Å². The topological polar surface area (TPSA) is 102 Å². The molecule has 1 unspecified atom stereocenters. The summed E-state index contributed by atoms with van der Waals surface area (Å²) in [4.78, 5) is 14.8. The Bertz CT molecular complexity index is 1270. The van der Waals surface area contributed by atoms with Gasteiger partial charge < -0.3 is 34.4 Å². The van der Waals surface area contributed by atoms with E-state index < -0.39 is 6.10 Å². The van der Waals surface area contributed by atoms with E-state index in [2.05, 4.69) is 36.0 Å². The molecule has 0 saturated heterocycles. The summed E-state index contributed by atoms with van der Waals surface area (Å²) in [6.45, 7) is 5.60. The molecule has 0 spiro atoms. The average molecular weight is 509 g/mol. The van der Waals surface area contributed by atoms with Crippen LogP contribution in [-0.2, 0) is 6.42 Å². The van der Waals surface area contributed by atoms with Gasteiger partial charge in [-0.1, -0.05) is 31.8 Å². The maximum atomic E-state index is 11.9. The Morgan fingerprint density at radius 3 is 2.46 bits per heavy atom. The number of ether oxygens (including phenoxy) is 4. The first kappa shape index (κ1) is 27.9. The number of nitrogens with one attached hydrogen (secondary N) is 2.